The van der Waals surface area contributed by atoms with Gasteiger partial charge in [0.25, 0.3) is 5.91 Å². The van der Waals surface area contributed by atoms with Crippen LogP contribution in [0, 0.1) is 0 Å². The number of likely N-dealkylation sites (N-methyl/N-ethyl adjacent to an activating group) is 1. The van der Waals surface area contributed by atoms with Gasteiger partial charge < -0.3 is 15.5 Å². The summed E-state index contributed by atoms with van der Waals surface area (Å²) >= 11 is 13.4. The van der Waals surface area contributed by atoms with Crippen LogP contribution in [0.15, 0.2) is 35.0 Å². The summed E-state index contributed by atoms with van der Waals surface area (Å²) in [6.45, 7) is 0.335. The maximum Gasteiger partial charge on any atom is 0.253 e. The lowest BCUT2D eigenvalue weighted by Gasteiger charge is -2.24. The highest BCUT2D eigenvalue weighted by atomic mass is 35.5. The molecule has 0 spiro atoms. The van der Waals surface area contributed by atoms with Gasteiger partial charge in [-0.2, -0.15) is 11.3 Å². The van der Waals surface area contributed by atoms with E-state index in [1.165, 1.54) is 12.1 Å². The van der Waals surface area contributed by atoms with Gasteiger partial charge in [-0.3, -0.25) is 9.59 Å². The van der Waals surface area contributed by atoms with E-state index in [0.717, 1.165) is 5.56 Å². The number of amides is 2. The molecule has 1 atom stereocenters. The fraction of sp³-hybridized carbons (Fsp3) is 0.294. The first-order valence-corrected chi connectivity index (χ1v) is 9.27. The molecule has 1 unspecified atom stereocenters. The Labute approximate surface area is 160 Å². The first-order valence-electron chi connectivity index (χ1n) is 7.57. The van der Waals surface area contributed by atoms with Gasteiger partial charge in [0.1, 0.15) is 0 Å². The first kappa shape index (κ1) is 19.7. The van der Waals surface area contributed by atoms with Gasteiger partial charge in [0.15, 0.2) is 0 Å². The molecule has 0 bridgehead atoms. The van der Waals surface area contributed by atoms with E-state index < -0.39 is 5.91 Å². The van der Waals surface area contributed by atoms with Gasteiger partial charge >= 0.3 is 0 Å². The van der Waals surface area contributed by atoms with E-state index in [4.69, 9.17) is 23.2 Å². The van der Waals surface area contributed by atoms with Crippen molar-refractivity contribution in [3.63, 3.8) is 0 Å². The first-order chi connectivity index (χ1) is 11.9. The number of hydrogen-bond donors (Lipinski definition) is 2. The molecule has 0 fully saturated rings. The summed E-state index contributed by atoms with van der Waals surface area (Å²) in [6, 6.07) is 6.70. The highest BCUT2D eigenvalue weighted by Crippen LogP contribution is 2.21. The van der Waals surface area contributed by atoms with Crippen LogP contribution in [-0.4, -0.2) is 43.9 Å². The van der Waals surface area contributed by atoms with Crippen LogP contribution >= 0.6 is 34.5 Å². The smallest absolute Gasteiger partial charge is 0.253 e. The normalized spacial score (nSPS) is 12.0. The minimum absolute atomic E-state index is 0.0802. The fourth-order valence-electron chi connectivity index (χ4n) is 2.27. The summed E-state index contributed by atoms with van der Waals surface area (Å²) in [7, 11) is 3.91. The van der Waals surface area contributed by atoms with Crippen molar-refractivity contribution in [2.75, 3.05) is 27.2 Å². The van der Waals surface area contributed by atoms with Crippen molar-refractivity contribution in [1.82, 2.24) is 15.5 Å². The van der Waals surface area contributed by atoms with Crippen molar-refractivity contribution in [2.24, 2.45) is 0 Å². The molecule has 5 nitrogen and oxygen atoms in total. The van der Waals surface area contributed by atoms with Gasteiger partial charge in [-0.15, -0.1) is 0 Å². The predicted octanol–water partition coefficient (Wildman–Crippen LogP) is 3.20. The zero-order chi connectivity index (χ0) is 18.4. The van der Waals surface area contributed by atoms with E-state index in [1.807, 2.05) is 30.4 Å². The van der Waals surface area contributed by atoms with Crippen LogP contribution in [-0.2, 0) is 4.79 Å². The Morgan fingerprint density at radius 3 is 2.56 bits per heavy atom. The van der Waals surface area contributed by atoms with E-state index in [0.29, 0.717) is 11.6 Å². The van der Waals surface area contributed by atoms with E-state index in [-0.39, 0.29) is 29.1 Å². The number of nitrogens with one attached hydrogen (secondary N) is 2. The van der Waals surface area contributed by atoms with Crippen LogP contribution in [0.25, 0.3) is 0 Å². The lowest BCUT2D eigenvalue weighted by atomic mass is 10.1. The Morgan fingerprint density at radius 1 is 1.20 bits per heavy atom. The number of rotatable bonds is 7. The van der Waals surface area contributed by atoms with Gasteiger partial charge in [-0.1, -0.05) is 23.2 Å². The molecule has 2 amide bonds. The number of benzene rings is 1. The molecule has 2 rings (SSSR count). The van der Waals surface area contributed by atoms with Crippen molar-refractivity contribution >= 4 is 46.4 Å². The standard InChI is InChI=1S/C17H19Cl2N3O2S/c1-22(2)15(11-5-6-25-10-11)8-20-16(23)9-21-17(24)13-4-3-12(18)7-14(13)19/h3-7,10,15H,8-9H2,1-2H3,(H,20,23)(H,21,24). The van der Waals surface area contributed by atoms with Gasteiger partial charge in [0.05, 0.1) is 23.2 Å². The minimum atomic E-state index is -0.418. The summed E-state index contributed by atoms with van der Waals surface area (Å²) in [6.07, 6.45) is 0. The molecular weight excluding hydrogens is 381 g/mol. The number of thiophene rings is 1. The van der Waals surface area contributed by atoms with Crippen molar-refractivity contribution in [1.29, 1.82) is 0 Å². The second-order valence-corrected chi connectivity index (χ2v) is 7.27. The zero-order valence-corrected chi connectivity index (χ0v) is 16.2. The van der Waals surface area contributed by atoms with Crippen LogP contribution in [0.5, 0.6) is 0 Å². The van der Waals surface area contributed by atoms with Crippen LogP contribution in [0.3, 0.4) is 0 Å². The molecule has 0 saturated heterocycles. The van der Waals surface area contributed by atoms with E-state index >= 15 is 0 Å². The maximum atomic E-state index is 12.1. The highest BCUT2D eigenvalue weighted by molar-refractivity contribution is 7.08. The summed E-state index contributed by atoms with van der Waals surface area (Å²) in [5.41, 5.74) is 1.43. The Bertz CT molecular complexity index is 735. The summed E-state index contributed by atoms with van der Waals surface area (Å²) < 4.78 is 0. The molecule has 0 aliphatic carbocycles. The fourth-order valence-corrected chi connectivity index (χ4v) is 3.47. The third kappa shape index (κ3) is 5.71. The van der Waals surface area contributed by atoms with Crippen LogP contribution in [0.2, 0.25) is 10.0 Å². The number of carbonyl (C=O) groups excluding carboxylic acids is 2. The third-order valence-electron chi connectivity index (χ3n) is 3.63. The molecule has 2 aromatic rings. The molecule has 0 radical (unpaired) electrons. The van der Waals surface area contributed by atoms with Crippen molar-refractivity contribution in [3.05, 3.63) is 56.2 Å². The Hall–Kier alpha value is -1.60. The Kier molecular flexibility index (Phi) is 7.25. The van der Waals surface area contributed by atoms with Gasteiger partial charge in [-0.25, -0.2) is 0 Å². The molecule has 25 heavy (non-hydrogen) atoms. The van der Waals surface area contributed by atoms with Crippen molar-refractivity contribution in [3.8, 4) is 0 Å². The topological polar surface area (TPSA) is 61.4 Å². The second kappa shape index (κ2) is 9.20. The minimum Gasteiger partial charge on any atom is -0.353 e. The molecule has 8 heteroatoms. The Morgan fingerprint density at radius 2 is 1.96 bits per heavy atom. The van der Waals surface area contributed by atoms with Crippen molar-refractivity contribution in [2.45, 2.75) is 6.04 Å². The Balaban J connectivity index is 1.85. The molecule has 2 N–H and O–H groups in total. The quantitative estimate of drug-likeness (QED) is 0.751. The highest BCUT2D eigenvalue weighted by Gasteiger charge is 2.16. The van der Waals surface area contributed by atoms with Crippen LogP contribution in [0.1, 0.15) is 22.0 Å². The summed E-state index contributed by atoms with van der Waals surface area (Å²) in [4.78, 5) is 26.1. The van der Waals surface area contributed by atoms with Gasteiger partial charge in [0.2, 0.25) is 5.91 Å². The number of halogens is 2. The lowest BCUT2D eigenvalue weighted by Crippen LogP contribution is -2.40. The molecule has 134 valence electrons. The molecule has 1 aromatic carbocycles. The molecule has 0 aliphatic heterocycles. The summed E-state index contributed by atoms with van der Waals surface area (Å²) in [5.74, 6) is -0.681. The molecule has 0 aliphatic rings. The summed E-state index contributed by atoms with van der Waals surface area (Å²) in [5, 5.41) is 10.1. The third-order valence-corrected chi connectivity index (χ3v) is 4.88. The van der Waals surface area contributed by atoms with Gasteiger partial charge in [-0.05, 0) is 54.7 Å². The molecular formula is C17H19Cl2N3O2S. The number of carbonyl (C=O) groups is 2. The molecule has 1 heterocycles. The van der Waals surface area contributed by atoms with E-state index in [1.54, 1.807) is 17.4 Å². The molecule has 1 aromatic heterocycles. The van der Waals surface area contributed by atoms with Crippen LogP contribution < -0.4 is 10.6 Å². The van der Waals surface area contributed by atoms with E-state index in [2.05, 4.69) is 16.0 Å². The lowest BCUT2D eigenvalue weighted by molar-refractivity contribution is -0.120. The average molecular weight is 400 g/mol. The SMILES string of the molecule is CN(C)C(CNC(=O)CNC(=O)c1ccc(Cl)cc1Cl)c1ccsc1. The van der Waals surface area contributed by atoms with E-state index in [9.17, 15) is 9.59 Å². The monoisotopic (exact) mass is 399 g/mol. The average Bonchev–Trinajstić information content (AvgIpc) is 3.06. The van der Waals surface area contributed by atoms with Crippen molar-refractivity contribution < 1.29 is 9.59 Å². The number of nitrogens with zero attached hydrogens (tertiary/aromatic N) is 1. The molecule has 0 saturated carbocycles. The number of hydrogen-bond acceptors (Lipinski definition) is 4. The second-order valence-electron chi connectivity index (χ2n) is 5.65. The predicted molar refractivity (Wildman–Crippen MR) is 103 cm³/mol. The van der Waals surface area contributed by atoms with Gasteiger partial charge in [0, 0.05) is 11.6 Å². The maximum absolute atomic E-state index is 12.1. The van der Waals surface area contributed by atoms with Crippen LogP contribution in [0.4, 0.5) is 0 Å². The zero-order valence-electron chi connectivity index (χ0n) is 13.9. The largest absolute Gasteiger partial charge is 0.353 e.